The number of pyridine rings is 1. The molecule has 8 nitrogen and oxygen atoms in total. The van der Waals surface area contributed by atoms with Crippen molar-refractivity contribution in [3.63, 3.8) is 0 Å². The second-order valence-electron chi connectivity index (χ2n) is 6.79. The summed E-state index contributed by atoms with van der Waals surface area (Å²) < 4.78 is 1.32. The predicted octanol–water partition coefficient (Wildman–Crippen LogP) is 1.65. The zero-order chi connectivity index (χ0) is 20.8. The predicted molar refractivity (Wildman–Crippen MR) is 111 cm³/mol. The van der Waals surface area contributed by atoms with Crippen molar-refractivity contribution >= 4 is 11.5 Å². The van der Waals surface area contributed by atoms with E-state index in [1.165, 1.54) is 10.9 Å². The Bertz CT molecular complexity index is 1080. The molecule has 0 spiro atoms. The summed E-state index contributed by atoms with van der Waals surface area (Å²) in [6, 6.07) is 5.35. The molecule has 0 atom stereocenters. The Kier molecular flexibility index (Phi) is 6.22. The quantitative estimate of drug-likeness (QED) is 0.780. The largest absolute Gasteiger partial charge is 0.351 e. The van der Waals surface area contributed by atoms with Crippen LogP contribution in [-0.4, -0.2) is 52.8 Å². The summed E-state index contributed by atoms with van der Waals surface area (Å²) in [5.74, 6) is 0.181. The van der Waals surface area contributed by atoms with Crippen LogP contribution < -0.4 is 10.9 Å². The fraction of sp³-hybridized carbons (Fsp3) is 0.238. The molecular weight excluding hydrogens is 368 g/mol. The van der Waals surface area contributed by atoms with Crippen molar-refractivity contribution in [2.45, 2.75) is 6.42 Å². The Morgan fingerprint density at radius 1 is 1.34 bits per heavy atom. The molecule has 0 saturated heterocycles. The molecule has 2 heterocycles. The lowest BCUT2D eigenvalue weighted by molar-refractivity contribution is 0.0950. The number of rotatable bonds is 6. The van der Waals surface area contributed by atoms with E-state index in [4.69, 9.17) is 5.26 Å². The number of amides is 1. The first-order chi connectivity index (χ1) is 14.0. The van der Waals surface area contributed by atoms with Gasteiger partial charge in [0.05, 0.1) is 17.2 Å². The first-order valence-electron chi connectivity index (χ1n) is 9.18. The van der Waals surface area contributed by atoms with Gasteiger partial charge in [0.15, 0.2) is 5.82 Å². The van der Waals surface area contributed by atoms with Crippen LogP contribution in [0.2, 0.25) is 0 Å². The van der Waals surface area contributed by atoms with Gasteiger partial charge in [-0.15, -0.1) is 0 Å². The van der Waals surface area contributed by atoms with Gasteiger partial charge in [-0.05, 0) is 44.3 Å². The molecule has 148 valence electrons. The van der Waals surface area contributed by atoms with Gasteiger partial charge in [0.1, 0.15) is 0 Å². The third kappa shape index (κ3) is 4.78. The number of allylic oxidation sites excluding steroid dienone is 6. The summed E-state index contributed by atoms with van der Waals surface area (Å²) in [4.78, 5) is 31.2. The van der Waals surface area contributed by atoms with E-state index < -0.39 is 0 Å². The van der Waals surface area contributed by atoms with Gasteiger partial charge in [-0.2, -0.15) is 5.26 Å². The summed E-state index contributed by atoms with van der Waals surface area (Å²) in [6.07, 6.45) is 10.8. The van der Waals surface area contributed by atoms with Crippen molar-refractivity contribution in [1.82, 2.24) is 25.0 Å². The van der Waals surface area contributed by atoms with E-state index >= 15 is 0 Å². The second kappa shape index (κ2) is 8.99. The lowest BCUT2D eigenvalue weighted by Crippen LogP contribution is -2.31. The molecule has 0 fully saturated rings. The fourth-order valence-electron chi connectivity index (χ4n) is 2.81. The zero-order valence-corrected chi connectivity index (χ0v) is 16.3. The monoisotopic (exact) mass is 390 g/mol. The summed E-state index contributed by atoms with van der Waals surface area (Å²) in [6.45, 7) is 1.28. The molecule has 2 aromatic heterocycles. The number of carbonyl (C=O) groups is 1. The van der Waals surface area contributed by atoms with E-state index in [1.807, 2.05) is 25.1 Å². The molecule has 1 aliphatic rings. The number of hydrogen-bond donors (Lipinski definition) is 2. The number of hydrogen-bond acceptors (Lipinski definition) is 5. The van der Waals surface area contributed by atoms with Crippen molar-refractivity contribution in [2.75, 3.05) is 27.2 Å². The summed E-state index contributed by atoms with van der Waals surface area (Å²) >= 11 is 0. The lowest BCUT2D eigenvalue weighted by atomic mass is 10.1. The van der Waals surface area contributed by atoms with Gasteiger partial charge in [0, 0.05) is 31.1 Å². The highest BCUT2D eigenvalue weighted by molar-refractivity contribution is 5.93. The molecule has 0 aliphatic heterocycles. The number of nitriles is 1. The van der Waals surface area contributed by atoms with Crippen molar-refractivity contribution < 1.29 is 4.79 Å². The smallest absolute Gasteiger partial charge is 0.280 e. The number of H-pyrrole nitrogens is 1. The minimum atomic E-state index is -0.253. The molecule has 0 saturated carbocycles. The molecule has 0 aromatic carbocycles. The third-order valence-corrected chi connectivity index (χ3v) is 4.41. The maximum absolute atomic E-state index is 12.8. The zero-order valence-electron chi connectivity index (χ0n) is 16.3. The highest BCUT2D eigenvalue weighted by atomic mass is 16.1. The number of aromatic amines is 1. The van der Waals surface area contributed by atoms with Gasteiger partial charge in [0.2, 0.25) is 0 Å². The number of nitrogens with zero attached hydrogens (tertiary/aromatic N) is 4. The second-order valence-corrected chi connectivity index (χ2v) is 6.79. The van der Waals surface area contributed by atoms with Gasteiger partial charge < -0.3 is 10.2 Å². The summed E-state index contributed by atoms with van der Waals surface area (Å²) in [5, 5.41) is 14.7. The van der Waals surface area contributed by atoms with Gasteiger partial charge in [-0.1, -0.05) is 18.2 Å². The minimum absolute atomic E-state index is 0.208. The van der Waals surface area contributed by atoms with Crippen LogP contribution in [0.15, 0.2) is 59.2 Å². The van der Waals surface area contributed by atoms with E-state index in [0.717, 1.165) is 12.1 Å². The van der Waals surface area contributed by atoms with Crippen molar-refractivity contribution in [1.29, 1.82) is 5.26 Å². The molecule has 0 unspecified atom stereocenters. The Hall–Kier alpha value is -3.70. The Morgan fingerprint density at radius 3 is 2.86 bits per heavy atom. The average Bonchev–Trinajstić information content (AvgIpc) is 2.94. The summed E-state index contributed by atoms with van der Waals surface area (Å²) in [5.41, 5.74) is 1.96. The molecule has 1 aliphatic carbocycles. The van der Waals surface area contributed by atoms with E-state index in [-0.39, 0.29) is 11.5 Å². The third-order valence-electron chi connectivity index (χ3n) is 4.41. The molecule has 29 heavy (non-hydrogen) atoms. The molecule has 0 radical (unpaired) electrons. The van der Waals surface area contributed by atoms with Crippen molar-refractivity contribution in [3.05, 3.63) is 75.9 Å². The number of aromatic nitrogens is 3. The molecule has 0 bridgehead atoms. The average molecular weight is 390 g/mol. The van der Waals surface area contributed by atoms with Crippen LogP contribution in [0.4, 0.5) is 0 Å². The minimum Gasteiger partial charge on any atom is -0.351 e. The van der Waals surface area contributed by atoms with E-state index in [0.29, 0.717) is 35.5 Å². The van der Waals surface area contributed by atoms with E-state index in [2.05, 4.69) is 21.5 Å². The molecular formula is C21H22N6O2. The van der Waals surface area contributed by atoms with Crippen molar-refractivity contribution in [3.8, 4) is 11.9 Å². The fourth-order valence-corrected chi connectivity index (χ4v) is 2.81. The normalized spacial score (nSPS) is 13.4. The first-order valence-corrected chi connectivity index (χ1v) is 9.18. The molecule has 2 aromatic rings. The summed E-state index contributed by atoms with van der Waals surface area (Å²) in [7, 11) is 3.87. The standard InChI is InChI=1S/C21H22N6O2/c1-26(2)11-10-23-20(28)17-8-9-19(24-13-17)27-21(29)18(14-25-27)16-5-3-4-15(12-22)6-7-16/h4-9,13-14,25H,3,10-11H2,1-2H3,(H,23,28). The van der Waals surface area contributed by atoms with Crippen LogP contribution in [0.1, 0.15) is 22.3 Å². The number of likely N-dealkylation sites (N-methyl/N-ethyl adjacent to an activating group) is 1. The topological polar surface area (TPSA) is 107 Å². The Morgan fingerprint density at radius 2 is 2.17 bits per heavy atom. The highest BCUT2D eigenvalue weighted by Gasteiger charge is 2.13. The molecule has 2 N–H and O–H groups in total. The number of carbonyl (C=O) groups excluding carboxylic acids is 1. The number of nitrogens with one attached hydrogen (secondary N) is 2. The van der Waals surface area contributed by atoms with Gasteiger partial charge in [-0.25, -0.2) is 9.67 Å². The first kappa shape index (κ1) is 20.0. The van der Waals surface area contributed by atoms with Crippen LogP contribution in [0, 0.1) is 11.3 Å². The van der Waals surface area contributed by atoms with Crippen LogP contribution >= 0.6 is 0 Å². The lowest BCUT2D eigenvalue weighted by Gasteiger charge is -2.10. The van der Waals surface area contributed by atoms with Crippen LogP contribution in [0.25, 0.3) is 11.4 Å². The maximum Gasteiger partial charge on any atom is 0.280 e. The van der Waals surface area contributed by atoms with Gasteiger partial charge >= 0.3 is 0 Å². The van der Waals surface area contributed by atoms with Crippen LogP contribution in [-0.2, 0) is 0 Å². The maximum atomic E-state index is 12.8. The molecule has 3 rings (SSSR count). The Labute approximate surface area is 168 Å². The Balaban J connectivity index is 1.76. The van der Waals surface area contributed by atoms with Gasteiger partial charge in [0.25, 0.3) is 11.5 Å². The highest BCUT2D eigenvalue weighted by Crippen LogP contribution is 2.18. The van der Waals surface area contributed by atoms with Crippen LogP contribution in [0.3, 0.4) is 0 Å². The van der Waals surface area contributed by atoms with Crippen molar-refractivity contribution in [2.24, 2.45) is 0 Å². The van der Waals surface area contributed by atoms with E-state index in [1.54, 1.807) is 36.6 Å². The van der Waals surface area contributed by atoms with Gasteiger partial charge in [-0.3, -0.25) is 14.7 Å². The SMILES string of the molecule is CN(C)CCNC(=O)c1ccc(-n2[nH]cc(C3=CCC=C(C#N)C=C3)c2=O)nc1. The molecule has 8 heteroatoms. The van der Waals surface area contributed by atoms with E-state index in [9.17, 15) is 9.59 Å². The molecule has 1 amide bonds. The van der Waals surface area contributed by atoms with Crippen LogP contribution in [0.5, 0.6) is 0 Å².